The highest BCUT2D eigenvalue weighted by molar-refractivity contribution is 6.41. The summed E-state index contributed by atoms with van der Waals surface area (Å²) in [5.41, 5.74) is 2.26. The highest BCUT2D eigenvalue weighted by atomic mass is 35.5. The first-order valence-electron chi connectivity index (χ1n) is 9.57. The molecule has 0 bridgehead atoms. The minimum absolute atomic E-state index is 0.313. The number of hydrogen-bond acceptors (Lipinski definition) is 5. The maximum atomic E-state index is 12.9. The van der Waals surface area contributed by atoms with Gasteiger partial charge in [-0.05, 0) is 24.3 Å². The van der Waals surface area contributed by atoms with Crippen molar-refractivity contribution >= 4 is 46.3 Å². The molecule has 1 fully saturated rings. The van der Waals surface area contributed by atoms with Crippen LogP contribution in [0.3, 0.4) is 0 Å². The van der Waals surface area contributed by atoms with E-state index in [1.807, 2.05) is 29.2 Å². The molecule has 2 heterocycles. The van der Waals surface area contributed by atoms with Gasteiger partial charge in [-0.1, -0.05) is 41.4 Å². The second kappa shape index (κ2) is 8.20. The van der Waals surface area contributed by atoms with E-state index >= 15 is 0 Å². The largest absolute Gasteiger partial charge is 0.495 e. The first-order valence-corrected chi connectivity index (χ1v) is 10.3. The minimum atomic E-state index is -0.355. The predicted octanol–water partition coefficient (Wildman–Crippen LogP) is 3.53. The van der Waals surface area contributed by atoms with Gasteiger partial charge >= 0.3 is 0 Å². The summed E-state index contributed by atoms with van der Waals surface area (Å²) in [6.45, 7) is 2.57. The summed E-state index contributed by atoms with van der Waals surface area (Å²) in [5.74, 6) is 0.142. The number of methoxy groups -OCH3 is 1. The van der Waals surface area contributed by atoms with Gasteiger partial charge in [-0.2, -0.15) is 0 Å². The zero-order valence-corrected chi connectivity index (χ0v) is 18.2. The highest BCUT2D eigenvalue weighted by Gasteiger charge is 2.41. The van der Waals surface area contributed by atoms with E-state index in [-0.39, 0.29) is 11.8 Å². The Morgan fingerprint density at radius 1 is 0.900 bits per heavy atom. The number of anilines is 1. The van der Waals surface area contributed by atoms with Crippen LogP contribution in [-0.2, 0) is 9.59 Å². The Morgan fingerprint density at radius 3 is 2.23 bits per heavy atom. The highest BCUT2D eigenvalue weighted by Crippen LogP contribution is 2.36. The molecule has 0 unspecified atom stereocenters. The van der Waals surface area contributed by atoms with Crippen molar-refractivity contribution in [3.8, 4) is 5.75 Å². The number of ether oxygens (including phenoxy) is 1. The third-order valence-corrected chi connectivity index (χ3v) is 6.03. The fraction of sp³-hybridized carbons (Fsp3) is 0.273. The molecule has 4 rings (SSSR count). The first kappa shape index (κ1) is 20.6. The quantitative estimate of drug-likeness (QED) is 0.673. The Kier molecular flexibility index (Phi) is 5.62. The third kappa shape index (κ3) is 3.50. The van der Waals surface area contributed by atoms with Crippen molar-refractivity contribution in [3.63, 3.8) is 0 Å². The van der Waals surface area contributed by atoms with E-state index in [0.717, 1.165) is 16.3 Å². The second-order valence-corrected chi connectivity index (χ2v) is 8.01. The lowest BCUT2D eigenvalue weighted by Crippen LogP contribution is -2.47. The summed E-state index contributed by atoms with van der Waals surface area (Å²) in [4.78, 5) is 31.1. The SMILES string of the molecule is COc1ccccc1N1CCN(C2=C(c3ccc(Cl)cc3Cl)C(=O)N(C)C2=O)CC1. The minimum Gasteiger partial charge on any atom is -0.495 e. The van der Waals surface area contributed by atoms with E-state index in [0.29, 0.717) is 53.1 Å². The van der Waals surface area contributed by atoms with Gasteiger partial charge in [0.2, 0.25) is 0 Å². The third-order valence-electron chi connectivity index (χ3n) is 5.48. The molecule has 30 heavy (non-hydrogen) atoms. The molecule has 0 radical (unpaired) electrons. The summed E-state index contributed by atoms with van der Waals surface area (Å²) < 4.78 is 5.47. The van der Waals surface area contributed by atoms with Crippen molar-refractivity contribution in [3.05, 3.63) is 63.8 Å². The molecule has 0 aromatic heterocycles. The molecule has 0 aliphatic carbocycles. The molecule has 8 heteroatoms. The molecule has 0 atom stereocenters. The smallest absolute Gasteiger partial charge is 0.277 e. The topological polar surface area (TPSA) is 53.1 Å². The molecule has 0 spiro atoms. The lowest BCUT2D eigenvalue weighted by atomic mass is 10.0. The van der Waals surface area contributed by atoms with Crippen LogP contribution in [0.15, 0.2) is 48.2 Å². The Balaban J connectivity index is 1.65. The van der Waals surface area contributed by atoms with E-state index in [4.69, 9.17) is 27.9 Å². The van der Waals surface area contributed by atoms with Gasteiger partial charge in [-0.15, -0.1) is 0 Å². The fourth-order valence-electron chi connectivity index (χ4n) is 3.92. The van der Waals surface area contributed by atoms with Crippen LogP contribution in [0.5, 0.6) is 5.75 Å². The van der Waals surface area contributed by atoms with E-state index in [9.17, 15) is 9.59 Å². The summed E-state index contributed by atoms with van der Waals surface area (Å²) in [6.07, 6.45) is 0. The number of carbonyl (C=O) groups is 2. The summed E-state index contributed by atoms with van der Waals surface area (Å²) >= 11 is 12.4. The molecular formula is C22H21Cl2N3O3. The van der Waals surface area contributed by atoms with E-state index in [1.54, 1.807) is 25.3 Å². The molecule has 156 valence electrons. The van der Waals surface area contributed by atoms with Gasteiger partial charge in [0.25, 0.3) is 11.8 Å². The number of amides is 2. The lowest BCUT2D eigenvalue weighted by molar-refractivity contribution is -0.135. The molecule has 2 aliphatic rings. The van der Waals surface area contributed by atoms with Gasteiger partial charge in [0.15, 0.2) is 0 Å². The average Bonchev–Trinajstić information content (AvgIpc) is 2.98. The normalized spacial score (nSPS) is 17.3. The van der Waals surface area contributed by atoms with Crippen LogP contribution in [0, 0.1) is 0 Å². The Bertz CT molecular complexity index is 1050. The standard InChI is InChI=1S/C22H21Cl2N3O3/c1-25-21(28)19(15-8-7-14(23)13-16(15)24)20(22(25)29)27-11-9-26(10-12-27)17-5-3-4-6-18(17)30-2/h3-8,13H,9-12H2,1-2H3. The molecule has 2 aliphatic heterocycles. The summed E-state index contributed by atoms with van der Waals surface area (Å²) in [7, 11) is 3.15. The van der Waals surface area contributed by atoms with Crippen molar-refractivity contribution in [1.82, 2.24) is 9.80 Å². The van der Waals surface area contributed by atoms with Crippen molar-refractivity contribution in [2.24, 2.45) is 0 Å². The van der Waals surface area contributed by atoms with Crippen LogP contribution in [0.1, 0.15) is 5.56 Å². The van der Waals surface area contributed by atoms with E-state index in [1.165, 1.54) is 7.05 Å². The fourth-order valence-corrected chi connectivity index (χ4v) is 4.42. The predicted molar refractivity (Wildman–Crippen MR) is 118 cm³/mol. The van der Waals surface area contributed by atoms with E-state index in [2.05, 4.69) is 4.90 Å². The number of halogens is 2. The second-order valence-electron chi connectivity index (χ2n) is 7.16. The number of piperazine rings is 1. The molecule has 2 aromatic rings. The van der Waals surface area contributed by atoms with Gasteiger partial charge in [-0.25, -0.2) is 0 Å². The monoisotopic (exact) mass is 445 g/mol. The molecule has 0 N–H and O–H groups in total. The molecular weight excluding hydrogens is 425 g/mol. The number of hydrogen-bond donors (Lipinski definition) is 0. The van der Waals surface area contributed by atoms with Crippen molar-refractivity contribution < 1.29 is 14.3 Å². The number of benzene rings is 2. The lowest BCUT2D eigenvalue weighted by Gasteiger charge is -2.38. The first-order chi connectivity index (χ1) is 14.4. The number of rotatable bonds is 4. The van der Waals surface area contributed by atoms with Gasteiger partial charge in [0, 0.05) is 43.8 Å². The molecule has 6 nitrogen and oxygen atoms in total. The Hall–Kier alpha value is -2.70. The average molecular weight is 446 g/mol. The van der Waals surface area contributed by atoms with Crippen molar-refractivity contribution in [1.29, 1.82) is 0 Å². The number of carbonyl (C=O) groups excluding carboxylic acids is 2. The van der Waals surface area contributed by atoms with Crippen LogP contribution >= 0.6 is 23.2 Å². The zero-order valence-electron chi connectivity index (χ0n) is 16.7. The van der Waals surface area contributed by atoms with Gasteiger partial charge in [0.1, 0.15) is 11.4 Å². The maximum absolute atomic E-state index is 12.9. The number of likely N-dealkylation sites (N-methyl/N-ethyl adjacent to an activating group) is 1. The number of para-hydroxylation sites is 2. The van der Waals surface area contributed by atoms with E-state index < -0.39 is 0 Å². The summed E-state index contributed by atoms with van der Waals surface area (Å²) in [5, 5.41) is 0.820. The maximum Gasteiger partial charge on any atom is 0.277 e. The zero-order chi connectivity index (χ0) is 21.4. The molecule has 0 saturated carbocycles. The van der Waals surface area contributed by atoms with Crippen LogP contribution in [0.2, 0.25) is 10.0 Å². The Morgan fingerprint density at radius 2 is 1.57 bits per heavy atom. The van der Waals surface area contributed by atoms with Crippen LogP contribution < -0.4 is 9.64 Å². The molecule has 2 amide bonds. The molecule has 1 saturated heterocycles. The van der Waals surface area contributed by atoms with Gasteiger partial charge < -0.3 is 14.5 Å². The van der Waals surface area contributed by atoms with Crippen molar-refractivity contribution in [2.45, 2.75) is 0 Å². The van der Waals surface area contributed by atoms with Crippen LogP contribution in [0.25, 0.3) is 5.57 Å². The van der Waals surface area contributed by atoms with Crippen LogP contribution in [0.4, 0.5) is 5.69 Å². The van der Waals surface area contributed by atoms with Crippen LogP contribution in [-0.4, -0.2) is 62.0 Å². The van der Waals surface area contributed by atoms with Gasteiger partial charge in [-0.3, -0.25) is 14.5 Å². The number of imide groups is 1. The summed E-state index contributed by atoms with van der Waals surface area (Å²) in [6, 6.07) is 12.8. The number of nitrogens with zero attached hydrogens (tertiary/aromatic N) is 3. The molecule has 2 aromatic carbocycles. The Labute approximate surface area is 185 Å². The van der Waals surface area contributed by atoms with Crippen molar-refractivity contribution in [2.75, 3.05) is 45.2 Å². The van der Waals surface area contributed by atoms with Gasteiger partial charge in [0.05, 0.1) is 23.4 Å².